The third kappa shape index (κ3) is 6.05. The van der Waals surface area contributed by atoms with E-state index < -0.39 is 0 Å². The van der Waals surface area contributed by atoms with E-state index in [1.165, 1.54) is 6.33 Å². The Morgan fingerprint density at radius 1 is 1.10 bits per heavy atom. The van der Waals surface area contributed by atoms with Crippen molar-refractivity contribution in [3.8, 4) is 11.5 Å². The number of nitrogens with one attached hydrogen (secondary N) is 2. The minimum absolute atomic E-state index is 0.0712. The molecular formula is C23H28N4O4. The Kier molecular flexibility index (Phi) is 8.00. The van der Waals surface area contributed by atoms with E-state index in [1.807, 2.05) is 30.3 Å². The first-order chi connectivity index (χ1) is 15.1. The molecule has 1 unspecified atom stereocenters. The Hall–Kier alpha value is -3.39. The van der Waals surface area contributed by atoms with Gasteiger partial charge in [0.1, 0.15) is 12.1 Å². The standard InChI is InChI=1S/C23H28N4O4/c1-16(17-9-5-3-6-10-17)26-23-18-13-21(20(30-2)14-19(18)24-15-25-23)31-12-8-4-7-11-22(28)27-29/h3,5-6,9-10,13-16,29H,4,7-8,11-12H2,1-2H3,(H,27,28)(H,24,25,26). The maximum Gasteiger partial charge on any atom is 0.243 e. The molecule has 1 amide bonds. The number of rotatable bonds is 11. The number of carbonyl (C=O) groups excluding carboxylic acids is 1. The first kappa shape index (κ1) is 22.3. The van der Waals surface area contributed by atoms with Crippen LogP contribution in [0.1, 0.15) is 44.2 Å². The van der Waals surface area contributed by atoms with Gasteiger partial charge in [0.2, 0.25) is 5.91 Å². The third-order valence-electron chi connectivity index (χ3n) is 5.00. The Labute approximate surface area is 181 Å². The van der Waals surface area contributed by atoms with Crippen LogP contribution in [0.25, 0.3) is 10.9 Å². The second-order valence-corrected chi connectivity index (χ2v) is 7.21. The van der Waals surface area contributed by atoms with Gasteiger partial charge in [-0.1, -0.05) is 30.3 Å². The lowest BCUT2D eigenvalue weighted by atomic mass is 10.1. The summed E-state index contributed by atoms with van der Waals surface area (Å²) in [5.41, 5.74) is 3.56. The maximum absolute atomic E-state index is 11.0. The van der Waals surface area contributed by atoms with Crippen molar-refractivity contribution in [2.75, 3.05) is 19.0 Å². The number of methoxy groups -OCH3 is 1. The molecule has 0 aliphatic heterocycles. The van der Waals surface area contributed by atoms with Crippen molar-refractivity contribution in [3.63, 3.8) is 0 Å². The van der Waals surface area contributed by atoms with E-state index in [-0.39, 0.29) is 11.9 Å². The van der Waals surface area contributed by atoms with Crippen LogP contribution in [0.4, 0.5) is 5.82 Å². The molecule has 2 aromatic carbocycles. The highest BCUT2D eigenvalue weighted by Crippen LogP contribution is 2.35. The normalized spacial score (nSPS) is 11.7. The van der Waals surface area contributed by atoms with Gasteiger partial charge in [0, 0.05) is 23.9 Å². The van der Waals surface area contributed by atoms with E-state index in [1.54, 1.807) is 12.6 Å². The number of ether oxygens (including phenoxy) is 2. The van der Waals surface area contributed by atoms with E-state index in [4.69, 9.17) is 14.7 Å². The van der Waals surface area contributed by atoms with Crippen molar-refractivity contribution in [2.24, 2.45) is 0 Å². The number of nitrogens with zero attached hydrogens (tertiary/aromatic N) is 2. The Balaban J connectivity index is 1.71. The van der Waals surface area contributed by atoms with Gasteiger partial charge in [0.25, 0.3) is 0 Å². The summed E-state index contributed by atoms with van der Waals surface area (Å²) in [6, 6.07) is 14.0. The van der Waals surface area contributed by atoms with Crippen molar-refractivity contribution < 1.29 is 19.5 Å². The van der Waals surface area contributed by atoms with Gasteiger partial charge in [0.15, 0.2) is 11.5 Å². The summed E-state index contributed by atoms with van der Waals surface area (Å²) in [4.78, 5) is 19.9. The molecule has 0 fully saturated rings. The van der Waals surface area contributed by atoms with Crippen molar-refractivity contribution in [1.82, 2.24) is 15.4 Å². The summed E-state index contributed by atoms with van der Waals surface area (Å²) in [6.07, 6.45) is 4.10. The number of fused-ring (bicyclic) bond motifs is 1. The predicted octanol–water partition coefficient (Wildman–Crippen LogP) is 4.26. The van der Waals surface area contributed by atoms with Gasteiger partial charge in [-0.2, -0.15) is 0 Å². The van der Waals surface area contributed by atoms with E-state index in [0.717, 1.165) is 35.1 Å². The number of aromatic nitrogens is 2. The fourth-order valence-corrected chi connectivity index (χ4v) is 3.28. The lowest BCUT2D eigenvalue weighted by Crippen LogP contribution is -2.17. The zero-order valence-corrected chi connectivity index (χ0v) is 17.8. The average molecular weight is 425 g/mol. The molecule has 1 atom stereocenters. The summed E-state index contributed by atoms with van der Waals surface area (Å²) in [6.45, 7) is 2.57. The molecule has 8 nitrogen and oxygen atoms in total. The first-order valence-electron chi connectivity index (χ1n) is 10.3. The molecule has 3 N–H and O–H groups in total. The van der Waals surface area contributed by atoms with Gasteiger partial charge in [0.05, 0.1) is 19.2 Å². The van der Waals surface area contributed by atoms with Crippen molar-refractivity contribution in [2.45, 2.75) is 38.6 Å². The highest BCUT2D eigenvalue weighted by Gasteiger charge is 2.14. The summed E-state index contributed by atoms with van der Waals surface area (Å²) >= 11 is 0. The third-order valence-corrected chi connectivity index (χ3v) is 5.00. The number of hydroxylamine groups is 1. The van der Waals surface area contributed by atoms with Gasteiger partial charge in [-0.25, -0.2) is 15.4 Å². The van der Waals surface area contributed by atoms with Gasteiger partial charge in [-0.05, 0) is 37.8 Å². The number of anilines is 1. The molecule has 0 spiro atoms. The molecule has 0 saturated heterocycles. The van der Waals surface area contributed by atoms with Gasteiger partial charge < -0.3 is 14.8 Å². The first-order valence-corrected chi connectivity index (χ1v) is 10.3. The second-order valence-electron chi connectivity index (χ2n) is 7.21. The number of hydrogen-bond acceptors (Lipinski definition) is 7. The summed E-state index contributed by atoms with van der Waals surface area (Å²) < 4.78 is 11.4. The Morgan fingerprint density at radius 2 is 1.90 bits per heavy atom. The topological polar surface area (TPSA) is 106 Å². The van der Waals surface area contributed by atoms with Crippen LogP contribution in [0.2, 0.25) is 0 Å². The summed E-state index contributed by atoms with van der Waals surface area (Å²) in [7, 11) is 1.60. The molecule has 31 heavy (non-hydrogen) atoms. The predicted molar refractivity (Wildman–Crippen MR) is 118 cm³/mol. The molecule has 3 rings (SSSR count). The zero-order valence-electron chi connectivity index (χ0n) is 17.8. The van der Waals surface area contributed by atoms with E-state index in [0.29, 0.717) is 30.9 Å². The molecule has 0 radical (unpaired) electrons. The molecule has 0 aliphatic carbocycles. The number of benzene rings is 2. The molecular weight excluding hydrogens is 396 g/mol. The summed E-state index contributed by atoms with van der Waals surface area (Å²) in [5.74, 6) is 1.58. The Bertz CT molecular complexity index is 998. The smallest absolute Gasteiger partial charge is 0.243 e. The fourth-order valence-electron chi connectivity index (χ4n) is 3.28. The highest BCUT2D eigenvalue weighted by atomic mass is 16.5. The van der Waals surface area contributed by atoms with Crippen LogP contribution in [-0.4, -0.2) is 34.8 Å². The minimum Gasteiger partial charge on any atom is -0.493 e. The zero-order chi connectivity index (χ0) is 22.1. The molecule has 8 heteroatoms. The van der Waals surface area contributed by atoms with Crippen molar-refractivity contribution >= 4 is 22.6 Å². The maximum atomic E-state index is 11.0. The van der Waals surface area contributed by atoms with Gasteiger partial charge in [-0.3, -0.25) is 10.0 Å². The number of amides is 1. The fraction of sp³-hybridized carbons (Fsp3) is 0.348. The van der Waals surface area contributed by atoms with Crippen molar-refractivity contribution in [3.05, 3.63) is 54.4 Å². The molecule has 3 aromatic rings. The van der Waals surface area contributed by atoms with Crippen LogP contribution in [0.3, 0.4) is 0 Å². The molecule has 1 heterocycles. The van der Waals surface area contributed by atoms with Crippen LogP contribution >= 0.6 is 0 Å². The molecule has 0 saturated carbocycles. The highest BCUT2D eigenvalue weighted by molar-refractivity contribution is 5.91. The van der Waals surface area contributed by atoms with Crippen LogP contribution in [0, 0.1) is 0 Å². The molecule has 0 aliphatic rings. The average Bonchev–Trinajstić information content (AvgIpc) is 2.81. The molecule has 164 valence electrons. The van der Waals surface area contributed by atoms with E-state index in [2.05, 4.69) is 34.3 Å². The number of carbonyl (C=O) groups is 1. The van der Waals surface area contributed by atoms with Crippen LogP contribution < -0.4 is 20.3 Å². The van der Waals surface area contributed by atoms with E-state index in [9.17, 15) is 4.79 Å². The lowest BCUT2D eigenvalue weighted by Gasteiger charge is -2.17. The minimum atomic E-state index is -0.373. The van der Waals surface area contributed by atoms with Crippen LogP contribution in [-0.2, 0) is 4.79 Å². The van der Waals surface area contributed by atoms with E-state index >= 15 is 0 Å². The van der Waals surface area contributed by atoms with Gasteiger partial charge in [-0.15, -0.1) is 0 Å². The monoisotopic (exact) mass is 424 g/mol. The summed E-state index contributed by atoms with van der Waals surface area (Å²) in [5, 5.41) is 12.8. The van der Waals surface area contributed by atoms with Crippen LogP contribution in [0.5, 0.6) is 11.5 Å². The SMILES string of the molecule is COc1cc2ncnc(NC(C)c3ccccc3)c2cc1OCCCCCC(=O)NO. The lowest BCUT2D eigenvalue weighted by molar-refractivity contribution is -0.129. The largest absolute Gasteiger partial charge is 0.493 e. The quantitative estimate of drug-likeness (QED) is 0.240. The Morgan fingerprint density at radius 3 is 2.65 bits per heavy atom. The second kappa shape index (κ2) is 11.1. The molecule has 1 aromatic heterocycles. The number of hydrogen-bond donors (Lipinski definition) is 3. The van der Waals surface area contributed by atoms with Crippen molar-refractivity contribution in [1.29, 1.82) is 0 Å². The molecule has 0 bridgehead atoms. The van der Waals surface area contributed by atoms with Gasteiger partial charge >= 0.3 is 0 Å². The van der Waals surface area contributed by atoms with Crippen LogP contribution in [0.15, 0.2) is 48.8 Å². The number of unbranched alkanes of at least 4 members (excludes halogenated alkanes) is 2.